The third-order valence-corrected chi connectivity index (χ3v) is 5.63. The van der Waals surface area contributed by atoms with E-state index >= 15 is 0 Å². The Morgan fingerprint density at radius 3 is 2.50 bits per heavy atom. The molecule has 30 heavy (non-hydrogen) atoms. The van der Waals surface area contributed by atoms with Crippen LogP contribution in [0.3, 0.4) is 0 Å². The molecule has 0 aliphatic carbocycles. The van der Waals surface area contributed by atoms with E-state index in [-0.39, 0.29) is 11.7 Å². The van der Waals surface area contributed by atoms with Gasteiger partial charge >= 0.3 is 0 Å². The summed E-state index contributed by atoms with van der Waals surface area (Å²) in [4.78, 5) is 14.5. The van der Waals surface area contributed by atoms with Crippen molar-refractivity contribution in [2.24, 2.45) is 0 Å². The van der Waals surface area contributed by atoms with E-state index in [1.165, 1.54) is 17.3 Å². The summed E-state index contributed by atoms with van der Waals surface area (Å²) >= 11 is 1.23. The van der Waals surface area contributed by atoms with Crippen LogP contribution in [0, 0.1) is 0 Å². The molecule has 3 rings (SSSR count). The van der Waals surface area contributed by atoms with Crippen LogP contribution in [-0.4, -0.2) is 34.9 Å². The Hall–Kier alpha value is -2.80. The lowest BCUT2D eigenvalue weighted by Gasteiger charge is -2.20. The predicted octanol–water partition coefficient (Wildman–Crippen LogP) is 5.44. The van der Waals surface area contributed by atoms with Crippen molar-refractivity contribution in [2.75, 3.05) is 29.1 Å². The highest BCUT2D eigenvalue weighted by atomic mass is 32.2. The molecule has 0 unspecified atom stereocenters. The van der Waals surface area contributed by atoms with Crippen molar-refractivity contribution in [3.05, 3.63) is 54.1 Å². The molecule has 1 amide bonds. The minimum atomic E-state index is -0.107. The van der Waals surface area contributed by atoms with Crippen molar-refractivity contribution in [1.29, 1.82) is 0 Å². The lowest BCUT2D eigenvalue weighted by molar-refractivity contribution is -0.113. The Morgan fingerprint density at radius 1 is 1.10 bits per heavy atom. The van der Waals surface area contributed by atoms with Crippen LogP contribution in [0.25, 0.3) is 11.5 Å². The second-order valence-electron chi connectivity index (χ2n) is 7.21. The number of aromatic nitrogens is 2. The van der Waals surface area contributed by atoms with Crippen molar-refractivity contribution in [2.45, 2.75) is 38.8 Å². The third-order valence-electron chi connectivity index (χ3n) is 4.81. The van der Waals surface area contributed by atoms with Gasteiger partial charge < -0.3 is 14.6 Å². The monoisotopic (exact) mass is 424 g/mol. The molecule has 0 spiro atoms. The van der Waals surface area contributed by atoms with Gasteiger partial charge in [0.15, 0.2) is 0 Å². The Labute approximate surface area is 182 Å². The lowest BCUT2D eigenvalue weighted by Crippen LogP contribution is -2.21. The van der Waals surface area contributed by atoms with Crippen LogP contribution in [-0.2, 0) is 4.79 Å². The predicted molar refractivity (Wildman–Crippen MR) is 123 cm³/mol. The average molecular weight is 425 g/mol. The van der Waals surface area contributed by atoms with E-state index < -0.39 is 0 Å². The molecule has 1 heterocycles. The molecule has 0 atom stereocenters. The molecule has 0 bridgehead atoms. The fraction of sp³-hybridized carbons (Fsp3) is 0.348. The lowest BCUT2D eigenvalue weighted by atomic mass is 10.0. The molecule has 1 aromatic heterocycles. The molecule has 3 aromatic rings. The van der Waals surface area contributed by atoms with Gasteiger partial charge in [-0.1, -0.05) is 37.7 Å². The number of carbonyl (C=O) groups is 1. The number of benzene rings is 2. The first-order chi connectivity index (χ1) is 14.5. The van der Waals surface area contributed by atoms with Crippen LogP contribution >= 0.6 is 11.8 Å². The molecule has 0 saturated heterocycles. The Balaban J connectivity index is 1.56. The van der Waals surface area contributed by atoms with E-state index in [4.69, 9.17) is 4.42 Å². The van der Waals surface area contributed by atoms with Gasteiger partial charge in [-0.3, -0.25) is 4.79 Å². The summed E-state index contributed by atoms with van der Waals surface area (Å²) in [5, 5.41) is 11.5. The minimum absolute atomic E-state index is 0.107. The van der Waals surface area contributed by atoms with Gasteiger partial charge in [0.05, 0.1) is 5.75 Å². The summed E-state index contributed by atoms with van der Waals surface area (Å²) in [6.07, 6.45) is 0. The van der Waals surface area contributed by atoms with Crippen LogP contribution in [0.15, 0.2) is 58.2 Å². The van der Waals surface area contributed by atoms with Gasteiger partial charge in [0.1, 0.15) is 0 Å². The molecule has 0 aliphatic rings. The Kier molecular flexibility index (Phi) is 7.52. The van der Waals surface area contributed by atoms with Crippen molar-refractivity contribution in [3.63, 3.8) is 0 Å². The van der Waals surface area contributed by atoms with Crippen molar-refractivity contribution < 1.29 is 9.21 Å². The first-order valence-electron chi connectivity index (χ1n) is 10.2. The summed E-state index contributed by atoms with van der Waals surface area (Å²) < 4.78 is 5.72. The maximum atomic E-state index is 12.3. The van der Waals surface area contributed by atoms with E-state index in [9.17, 15) is 4.79 Å². The SMILES string of the molecule is CCN(CC)c1ccc(-c2nnc(SCC(=O)Nc3cccc(C(C)C)c3)o2)cc1. The maximum Gasteiger partial charge on any atom is 0.277 e. The molecule has 1 N–H and O–H groups in total. The number of thioether (sulfide) groups is 1. The number of carbonyl (C=O) groups excluding carboxylic acids is 1. The molecule has 0 saturated carbocycles. The normalized spacial score (nSPS) is 11.0. The third kappa shape index (κ3) is 5.63. The largest absolute Gasteiger partial charge is 0.411 e. The second kappa shape index (κ2) is 10.3. The van der Waals surface area contributed by atoms with Crippen molar-refractivity contribution in [1.82, 2.24) is 10.2 Å². The van der Waals surface area contributed by atoms with E-state index in [1.807, 2.05) is 30.3 Å². The van der Waals surface area contributed by atoms with E-state index in [2.05, 4.69) is 66.3 Å². The second-order valence-corrected chi connectivity index (χ2v) is 8.14. The number of nitrogens with zero attached hydrogens (tertiary/aromatic N) is 3. The Morgan fingerprint density at radius 2 is 1.83 bits per heavy atom. The van der Waals surface area contributed by atoms with Gasteiger partial charge in [0.2, 0.25) is 11.8 Å². The van der Waals surface area contributed by atoms with Crippen molar-refractivity contribution in [3.8, 4) is 11.5 Å². The molecule has 7 heteroatoms. The van der Waals surface area contributed by atoms with Gasteiger partial charge in [0, 0.05) is 30.0 Å². The van der Waals surface area contributed by atoms with Gasteiger partial charge in [-0.2, -0.15) is 0 Å². The van der Waals surface area contributed by atoms with E-state index in [1.54, 1.807) is 0 Å². The summed E-state index contributed by atoms with van der Waals surface area (Å²) in [6, 6.07) is 16.0. The number of nitrogens with one attached hydrogen (secondary N) is 1. The topological polar surface area (TPSA) is 71.3 Å². The molecular weight excluding hydrogens is 396 g/mol. The molecule has 0 aliphatic heterocycles. The van der Waals surface area contributed by atoms with Crippen LogP contribution in [0.1, 0.15) is 39.2 Å². The van der Waals surface area contributed by atoms with Crippen LogP contribution < -0.4 is 10.2 Å². The van der Waals surface area contributed by atoms with Crippen LogP contribution in [0.4, 0.5) is 11.4 Å². The summed E-state index contributed by atoms with van der Waals surface area (Å²) in [5.74, 6) is 0.959. The Bertz CT molecular complexity index is 965. The number of hydrogen-bond acceptors (Lipinski definition) is 6. The van der Waals surface area contributed by atoms with Gasteiger partial charge in [-0.15, -0.1) is 10.2 Å². The van der Waals surface area contributed by atoms with Crippen molar-refractivity contribution >= 4 is 29.0 Å². The zero-order valence-electron chi connectivity index (χ0n) is 17.9. The van der Waals surface area contributed by atoms with E-state index in [0.29, 0.717) is 17.0 Å². The number of amides is 1. The molecule has 6 nitrogen and oxygen atoms in total. The van der Waals surface area contributed by atoms with Crippen LogP contribution in [0.2, 0.25) is 0 Å². The number of rotatable bonds is 9. The fourth-order valence-corrected chi connectivity index (χ4v) is 3.65. The number of anilines is 2. The first kappa shape index (κ1) is 21.9. The summed E-state index contributed by atoms with van der Waals surface area (Å²) in [6.45, 7) is 10.4. The zero-order chi connectivity index (χ0) is 21.5. The number of hydrogen-bond donors (Lipinski definition) is 1. The first-order valence-corrected chi connectivity index (χ1v) is 11.2. The fourth-order valence-electron chi connectivity index (χ4n) is 3.09. The standard InChI is InChI=1S/C23H28N4O2S/c1-5-27(6-2)20-12-10-17(11-13-20)22-25-26-23(29-22)30-15-21(28)24-19-9-7-8-18(14-19)16(3)4/h7-14,16H,5-6,15H2,1-4H3,(H,24,28). The zero-order valence-corrected chi connectivity index (χ0v) is 18.7. The quantitative estimate of drug-likeness (QED) is 0.461. The van der Waals surface area contributed by atoms with Gasteiger partial charge in [-0.05, 0) is 61.7 Å². The minimum Gasteiger partial charge on any atom is -0.411 e. The highest BCUT2D eigenvalue weighted by molar-refractivity contribution is 7.99. The molecule has 2 aromatic carbocycles. The highest BCUT2D eigenvalue weighted by Gasteiger charge is 2.12. The highest BCUT2D eigenvalue weighted by Crippen LogP contribution is 2.26. The molecule has 0 fully saturated rings. The molecular formula is C23H28N4O2S. The smallest absolute Gasteiger partial charge is 0.277 e. The van der Waals surface area contributed by atoms with Gasteiger partial charge in [0.25, 0.3) is 5.22 Å². The summed E-state index contributed by atoms with van der Waals surface area (Å²) in [5.41, 5.74) is 4.01. The molecule has 158 valence electrons. The van der Waals surface area contributed by atoms with E-state index in [0.717, 1.165) is 30.0 Å². The summed E-state index contributed by atoms with van der Waals surface area (Å²) in [7, 11) is 0. The maximum absolute atomic E-state index is 12.3. The van der Waals surface area contributed by atoms with Crippen LogP contribution in [0.5, 0.6) is 0 Å². The molecule has 0 radical (unpaired) electrons. The average Bonchev–Trinajstić information content (AvgIpc) is 3.23. The van der Waals surface area contributed by atoms with Gasteiger partial charge in [-0.25, -0.2) is 0 Å².